The average Bonchev–Trinajstić information content (AvgIpc) is 3.31. The van der Waals surface area contributed by atoms with Crippen molar-refractivity contribution in [3.63, 3.8) is 0 Å². The number of hydrogen-bond acceptors (Lipinski definition) is 4. The lowest BCUT2D eigenvalue weighted by atomic mass is 10.0. The number of imidazole rings is 1. The van der Waals surface area contributed by atoms with E-state index in [1.165, 1.54) is 0 Å². The van der Waals surface area contributed by atoms with E-state index < -0.39 is 5.54 Å². The van der Waals surface area contributed by atoms with Gasteiger partial charge in [-0.2, -0.15) is 15.4 Å². The number of nitrogens with zero attached hydrogens (tertiary/aromatic N) is 4. The summed E-state index contributed by atoms with van der Waals surface area (Å²) in [5.74, 6) is 0.648. The van der Waals surface area contributed by atoms with Crippen LogP contribution >= 0.6 is 0 Å². The molecular formula is C20H20N6O. The molecule has 2 heterocycles. The number of fused-ring (bicyclic) bond motifs is 1. The fraction of sp³-hybridized carbons (Fsp3) is 0.200. The second-order valence-electron chi connectivity index (χ2n) is 6.90. The maximum Gasteiger partial charge on any atom is 0.240 e. The normalized spacial score (nSPS) is 11.6. The number of carbonyl (C=O) groups excluding carboxylic acids is 1. The quantitative estimate of drug-likeness (QED) is 0.573. The van der Waals surface area contributed by atoms with Gasteiger partial charge in [-0.15, -0.1) is 0 Å². The molecule has 7 heteroatoms. The summed E-state index contributed by atoms with van der Waals surface area (Å²) in [5.41, 5.74) is 2.80. The van der Waals surface area contributed by atoms with Gasteiger partial charge in [0.1, 0.15) is 18.1 Å². The first kappa shape index (κ1) is 17.0. The van der Waals surface area contributed by atoms with Crippen LogP contribution < -0.4 is 5.32 Å². The number of para-hydroxylation sites is 2. The van der Waals surface area contributed by atoms with E-state index >= 15 is 0 Å². The Labute approximate surface area is 156 Å². The minimum atomic E-state index is -0.632. The van der Waals surface area contributed by atoms with Crippen LogP contribution in [0, 0.1) is 0 Å². The minimum Gasteiger partial charge on any atom is -0.344 e. The molecule has 0 spiro atoms. The molecule has 0 aliphatic heterocycles. The first-order valence-corrected chi connectivity index (χ1v) is 8.72. The number of benzene rings is 2. The van der Waals surface area contributed by atoms with Crippen molar-refractivity contribution in [2.45, 2.75) is 25.9 Å². The van der Waals surface area contributed by atoms with Crippen LogP contribution in [0.5, 0.6) is 0 Å². The Balaban J connectivity index is 1.68. The maximum absolute atomic E-state index is 12.8. The van der Waals surface area contributed by atoms with Crippen molar-refractivity contribution < 1.29 is 4.79 Å². The lowest BCUT2D eigenvalue weighted by molar-refractivity contribution is -0.123. The monoisotopic (exact) mass is 360 g/mol. The Morgan fingerprint density at radius 2 is 1.85 bits per heavy atom. The summed E-state index contributed by atoms with van der Waals surface area (Å²) in [6.07, 6.45) is 1.61. The predicted octanol–water partition coefficient (Wildman–Crippen LogP) is 2.87. The Morgan fingerprint density at radius 1 is 1.11 bits per heavy atom. The molecule has 2 N–H and O–H groups in total. The van der Waals surface area contributed by atoms with Crippen molar-refractivity contribution in [2.24, 2.45) is 0 Å². The standard InChI is InChI=1S/C20H20N6O/c1-20(2,17-12-21-25-24-17)23-18(27)13-26-16-11-7-6-10-15(16)22-19(26)14-8-4-3-5-9-14/h3-12H,13H2,1-2H3,(H,23,27)(H,21,24,25). The van der Waals surface area contributed by atoms with Gasteiger partial charge >= 0.3 is 0 Å². The SMILES string of the molecule is CC(C)(NC(=O)Cn1c(-c2ccccc2)nc2ccccc21)c1cn[nH]n1. The van der Waals surface area contributed by atoms with Crippen LogP contribution in [0.15, 0.2) is 60.8 Å². The lowest BCUT2D eigenvalue weighted by Crippen LogP contribution is -2.43. The molecule has 0 fully saturated rings. The Morgan fingerprint density at radius 3 is 2.59 bits per heavy atom. The second kappa shape index (κ2) is 6.68. The van der Waals surface area contributed by atoms with E-state index in [4.69, 9.17) is 4.98 Å². The highest BCUT2D eigenvalue weighted by Gasteiger charge is 2.26. The van der Waals surface area contributed by atoms with Crippen LogP contribution in [0.4, 0.5) is 0 Å². The van der Waals surface area contributed by atoms with E-state index in [0.29, 0.717) is 5.69 Å². The topological polar surface area (TPSA) is 88.5 Å². The third kappa shape index (κ3) is 3.31. The van der Waals surface area contributed by atoms with Crippen LogP contribution in [0.25, 0.3) is 22.4 Å². The van der Waals surface area contributed by atoms with Gasteiger partial charge < -0.3 is 9.88 Å². The van der Waals surface area contributed by atoms with Gasteiger partial charge in [-0.3, -0.25) is 4.79 Å². The smallest absolute Gasteiger partial charge is 0.240 e. The molecule has 0 aliphatic carbocycles. The molecule has 0 bridgehead atoms. The van der Waals surface area contributed by atoms with E-state index in [1.54, 1.807) is 6.20 Å². The number of nitrogens with one attached hydrogen (secondary N) is 2. The fourth-order valence-corrected chi connectivity index (χ4v) is 3.14. The van der Waals surface area contributed by atoms with E-state index in [2.05, 4.69) is 20.7 Å². The Kier molecular flexibility index (Phi) is 4.19. The molecule has 2 aromatic carbocycles. The zero-order valence-corrected chi connectivity index (χ0v) is 15.2. The molecular weight excluding hydrogens is 340 g/mol. The molecule has 0 unspecified atom stereocenters. The van der Waals surface area contributed by atoms with Crippen LogP contribution in [0.3, 0.4) is 0 Å². The van der Waals surface area contributed by atoms with Crippen molar-refractivity contribution in [1.29, 1.82) is 0 Å². The molecule has 7 nitrogen and oxygen atoms in total. The number of rotatable bonds is 5. The largest absolute Gasteiger partial charge is 0.344 e. The van der Waals surface area contributed by atoms with Crippen LogP contribution in [0.1, 0.15) is 19.5 Å². The van der Waals surface area contributed by atoms with E-state index in [-0.39, 0.29) is 12.5 Å². The zero-order valence-electron chi connectivity index (χ0n) is 15.2. The van der Waals surface area contributed by atoms with E-state index in [1.807, 2.05) is 73.0 Å². The Bertz CT molecular complexity index is 1070. The molecule has 0 radical (unpaired) electrons. The molecule has 0 saturated heterocycles. The van der Waals surface area contributed by atoms with Gasteiger partial charge in [-0.05, 0) is 26.0 Å². The van der Waals surface area contributed by atoms with Gasteiger partial charge in [0.05, 0.1) is 22.8 Å². The molecule has 2 aromatic heterocycles. The molecule has 4 aromatic rings. The third-order valence-electron chi connectivity index (χ3n) is 4.50. The molecule has 136 valence electrons. The summed E-state index contributed by atoms with van der Waals surface area (Å²) in [6, 6.07) is 17.7. The van der Waals surface area contributed by atoms with Gasteiger partial charge in [0.25, 0.3) is 0 Å². The zero-order chi connectivity index (χ0) is 18.9. The Hall–Kier alpha value is -3.48. The molecule has 0 saturated carbocycles. The predicted molar refractivity (Wildman–Crippen MR) is 103 cm³/mol. The van der Waals surface area contributed by atoms with Crippen molar-refractivity contribution in [3.8, 4) is 11.4 Å². The highest BCUT2D eigenvalue weighted by atomic mass is 16.2. The first-order chi connectivity index (χ1) is 13.0. The molecule has 27 heavy (non-hydrogen) atoms. The summed E-state index contributed by atoms with van der Waals surface area (Å²) in [5, 5.41) is 13.5. The van der Waals surface area contributed by atoms with Crippen molar-refractivity contribution in [1.82, 2.24) is 30.3 Å². The van der Waals surface area contributed by atoms with E-state index in [9.17, 15) is 4.79 Å². The highest BCUT2D eigenvalue weighted by molar-refractivity contribution is 5.84. The van der Waals surface area contributed by atoms with Gasteiger partial charge in [0.2, 0.25) is 5.91 Å². The summed E-state index contributed by atoms with van der Waals surface area (Å²) in [6.45, 7) is 3.95. The molecule has 0 atom stereocenters. The maximum atomic E-state index is 12.8. The van der Waals surface area contributed by atoms with Crippen molar-refractivity contribution in [3.05, 3.63) is 66.5 Å². The van der Waals surface area contributed by atoms with Gasteiger partial charge in [-0.25, -0.2) is 4.98 Å². The van der Waals surface area contributed by atoms with Crippen LogP contribution in [-0.4, -0.2) is 30.9 Å². The lowest BCUT2D eigenvalue weighted by Gasteiger charge is -2.24. The second-order valence-corrected chi connectivity index (χ2v) is 6.90. The number of aromatic nitrogens is 5. The summed E-state index contributed by atoms with van der Waals surface area (Å²) < 4.78 is 1.94. The number of aromatic amines is 1. The average molecular weight is 360 g/mol. The summed E-state index contributed by atoms with van der Waals surface area (Å²) >= 11 is 0. The molecule has 0 aliphatic rings. The van der Waals surface area contributed by atoms with Crippen LogP contribution in [0.2, 0.25) is 0 Å². The van der Waals surface area contributed by atoms with Crippen molar-refractivity contribution in [2.75, 3.05) is 0 Å². The number of amides is 1. The van der Waals surface area contributed by atoms with Gasteiger partial charge in [0.15, 0.2) is 0 Å². The number of hydrogen-bond donors (Lipinski definition) is 2. The number of H-pyrrole nitrogens is 1. The molecule has 4 rings (SSSR count). The number of carbonyl (C=O) groups is 1. The highest BCUT2D eigenvalue weighted by Crippen LogP contribution is 2.25. The minimum absolute atomic E-state index is 0.122. The first-order valence-electron chi connectivity index (χ1n) is 8.72. The molecule has 1 amide bonds. The van der Waals surface area contributed by atoms with Gasteiger partial charge in [-0.1, -0.05) is 42.5 Å². The fourth-order valence-electron chi connectivity index (χ4n) is 3.14. The van der Waals surface area contributed by atoms with E-state index in [0.717, 1.165) is 22.4 Å². The van der Waals surface area contributed by atoms with Crippen LogP contribution in [-0.2, 0) is 16.9 Å². The third-order valence-corrected chi connectivity index (χ3v) is 4.50. The van der Waals surface area contributed by atoms with Gasteiger partial charge in [0, 0.05) is 5.56 Å². The summed E-state index contributed by atoms with van der Waals surface area (Å²) in [7, 11) is 0. The summed E-state index contributed by atoms with van der Waals surface area (Å²) in [4.78, 5) is 17.6. The van der Waals surface area contributed by atoms with Crippen molar-refractivity contribution >= 4 is 16.9 Å².